The zero-order chi connectivity index (χ0) is 16.2. The summed E-state index contributed by atoms with van der Waals surface area (Å²) in [6.07, 6.45) is 4.31. The second kappa shape index (κ2) is 6.77. The van der Waals surface area contributed by atoms with Crippen LogP contribution in [0.4, 0.5) is 0 Å². The van der Waals surface area contributed by atoms with E-state index in [-0.39, 0.29) is 0 Å². The van der Waals surface area contributed by atoms with E-state index in [9.17, 15) is 0 Å². The van der Waals surface area contributed by atoms with Gasteiger partial charge in [0.25, 0.3) is 0 Å². The Morgan fingerprint density at radius 1 is 0.682 bits per heavy atom. The van der Waals surface area contributed by atoms with Crippen LogP contribution in [0.1, 0.15) is 11.1 Å². The lowest BCUT2D eigenvalue weighted by atomic mass is 10.1. The van der Waals surface area contributed by atoms with Crippen LogP contribution in [-0.2, 0) is 4.12 Å². The van der Waals surface area contributed by atoms with Gasteiger partial charge in [-0.15, -0.1) is 0 Å². The summed E-state index contributed by atoms with van der Waals surface area (Å²) >= 11 is 0. The van der Waals surface area contributed by atoms with Gasteiger partial charge in [-0.05, 0) is 49.0 Å². The number of benzene rings is 2. The topological polar surface area (TPSA) is 9.23 Å². The van der Waals surface area contributed by atoms with Gasteiger partial charge in [0.1, 0.15) is 0 Å². The number of hydrogen-bond acceptors (Lipinski definition) is 1. The first-order chi connectivity index (χ1) is 10.3. The monoisotopic (exact) mass is 326 g/mol. The van der Waals surface area contributed by atoms with Crippen LogP contribution in [0.5, 0.6) is 0 Å². The van der Waals surface area contributed by atoms with E-state index in [1.807, 2.05) is 6.07 Å². The zero-order valence-electron chi connectivity index (χ0n) is 14.3. The molecule has 0 atom stereocenters. The molecule has 0 bridgehead atoms. The highest BCUT2D eigenvalue weighted by Gasteiger charge is 2.31. The molecular formula is C19H26OSi2. The van der Waals surface area contributed by atoms with E-state index in [0.717, 1.165) is 0 Å². The van der Waals surface area contributed by atoms with Crippen molar-refractivity contribution >= 4 is 34.0 Å². The number of hydrogen-bond donors (Lipinski definition) is 0. The van der Waals surface area contributed by atoms with E-state index in [4.69, 9.17) is 4.12 Å². The molecule has 0 radical (unpaired) electrons. The average molecular weight is 327 g/mol. The normalized spacial score (nSPS) is 12.8. The molecule has 0 aliphatic rings. The van der Waals surface area contributed by atoms with Crippen molar-refractivity contribution in [3.8, 4) is 0 Å². The summed E-state index contributed by atoms with van der Waals surface area (Å²) < 4.78 is 6.44. The second-order valence-electron chi connectivity index (χ2n) is 7.09. The molecule has 22 heavy (non-hydrogen) atoms. The summed E-state index contributed by atoms with van der Waals surface area (Å²) in [5.74, 6) is 0. The van der Waals surface area contributed by atoms with Crippen LogP contribution in [0, 0.1) is 0 Å². The predicted octanol–water partition coefficient (Wildman–Crippen LogP) is 5.12. The lowest BCUT2D eigenvalue weighted by Crippen LogP contribution is -2.51. The summed E-state index contributed by atoms with van der Waals surface area (Å²) in [7, 11) is -3.29. The first-order valence-electron chi connectivity index (χ1n) is 7.80. The van der Waals surface area contributed by atoms with Gasteiger partial charge in [0, 0.05) is 0 Å². The van der Waals surface area contributed by atoms with Gasteiger partial charge in [-0.2, -0.15) is 0 Å². The molecule has 116 valence electrons. The third kappa shape index (κ3) is 5.09. The molecule has 0 aromatic heterocycles. The van der Waals surface area contributed by atoms with E-state index in [2.05, 4.69) is 93.4 Å². The van der Waals surface area contributed by atoms with Crippen molar-refractivity contribution in [1.29, 1.82) is 0 Å². The summed E-state index contributed by atoms with van der Waals surface area (Å²) in [6.45, 7) is 11.4. The Kier molecular flexibility index (Phi) is 5.21. The highest BCUT2D eigenvalue weighted by molar-refractivity contribution is 6.92. The first kappa shape index (κ1) is 16.9. The van der Waals surface area contributed by atoms with Gasteiger partial charge >= 0.3 is 0 Å². The van der Waals surface area contributed by atoms with Crippen molar-refractivity contribution < 1.29 is 4.12 Å². The van der Waals surface area contributed by atoms with Gasteiger partial charge < -0.3 is 4.12 Å². The molecule has 0 spiro atoms. The molecule has 0 saturated carbocycles. The van der Waals surface area contributed by atoms with Crippen LogP contribution in [-0.4, -0.2) is 16.6 Å². The first-order valence-corrected chi connectivity index (χ1v) is 14.1. The molecule has 0 saturated heterocycles. The minimum absolute atomic E-state index is 1.23. The van der Waals surface area contributed by atoms with Crippen molar-refractivity contribution in [2.24, 2.45) is 0 Å². The van der Waals surface area contributed by atoms with E-state index < -0.39 is 16.6 Å². The van der Waals surface area contributed by atoms with E-state index in [1.165, 1.54) is 16.3 Å². The summed E-state index contributed by atoms with van der Waals surface area (Å²) in [5, 5.41) is 1.37. The fraction of sp³-hybridized carbons (Fsp3) is 0.263. The Bertz CT molecular complexity index is 623. The summed E-state index contributed by atoms with van der Waals surface area (Å²) in [4.78, 5) is 0. The molecule has 0 N–H and O–H groups in total. The van der Waals surface area contributed by atoms with Gasteiger partial charge in [-0.3, -0.25) is 0 Å². The van der Waals surface area contributed by atoms with Crippen molar-refractivity contribution in [1.82, 2.24) is 0 Å². The molecule has 0 fully saturated rings. The lowest BCUT2D eigenvalue weighted by Gasteiger charge is -2.31. The Hall–Kier alpha value is -1.43. The molecule has 2 aromatic rings. The smallest absolute Gasteiger partial charge is 0.205 e. The van der Waals surface area contributed by atoms with Crippen molar-refractivity contribution in [2.75, 3.05) is 0 Å². The Morgan fingerprint density at radius 2 is 1.18 bits per heavy atom. The highest BCUT2D eigenvalue weighted by atomic mass is 28.4. The molecule has 2 rings (SSSR count). The van der Waals surface area contributed by atoms with Gasteiger partial charge in [-0.1, -0.05) is 66.7 Å². The maximum atomic E-state index is 6.44. The zero-order valence-corrected chi connectivity index (χ0v) is 16.3. The standard InChI is InChI=1S/C19H26OSi2/c1-21(2,3)20-22(4,5)19-15-13-18(14-16-19)12-11-17-9-7-6-8-10-17/h6-16H,1-5H3. The third-order valence-corrected chi connectivity index (χ3v) is 9.65. The van der Waals surface area contributed by atoms with Crippen LogP contribution in [0.2, 0.25) is 32.7 Å². The average Bonchev–Trinajstić information content (AvgIpc) is 2.44. The van der Waals surface area contributed by atoms with Crippen LogP contribution < -0.4 is 5.19 Å². The predicted molar refractivity (Wildman–Crippen MR) is 103 cm³/mol. The van der Waals surface area contributed by atoms with Crippen molar-refractivity contribution in [3.05, 3.63) is 65.7 Å². The maximum absolute atomic E-state index is 6.44. The fourth-order valence-corrected chi connectivity index (χ4v) is 10.1. The van der Waals surface area contributed by atoms with Crippen LogP contribution >= 0.6 is 0 Å². The van der Waals surface area contributed by atoms with Crippen LogP contribution in [0.15, 0.2) is 54.6 Å². The van der Waals surface area contributed by atoms with Gasteiger partial charge in [0.2, 0.25) is 8.32 Å². The molecule has 2 aromatic carbocycles. The third-order valence-electron chi connectivity index (χ3n) is 3.44. The minimum Gasteiger partial charge on any atom is -0.452 e. The fourth-order valence-electron chi connectivity index (χ4n) is 2.58. The summed E-state index contributed by atoms with van der Waals surface area (Å²) in [6, 6.07) is 19.2. The molecule has 0 amide bonds. The molecule has 1 nitrogen and oxygen atoms in total. The SMILES string of the molecule is C[Si](C)(C)O[Si](C)(C)c1ccc(C=Cc2ccccc2)cc1. The lowest BCUT2D eigenvalue weighted by molar-refractivity contribution is 0.566. The van der Waals surface area contributed by atoms with Crippen LogP contribution in [0.3, 0.4) is 0 Å². The largest absolute Gasteiger partial charge is 0.452 e. The Labute approximate surface area is 136 Å². The summed E-state index contributed by atoms with van der Waals surface area (Å²) in [5.41, 5.74) is 2.45. The number of rotatable bonds is 5. The van der Waals surface area contributed by atoms with E-state index in [1.54, 1.807) is 0 Å². The Morgan fingerprint density at radius 3 is 1.68 bits per heavy atom. The van der Waals surface area contributed by atoms with Gasteiger partial charge in [-0.25, -0.2) is 0 Å². The maximum Gasteiger partial charge on any atom is 0.205 e. The van der Waals surface area contributed by atoms with E-state index in [0.29, 0.717) is 0 Å². The van der Waals surface area contributed by atoms with E-state index >= 15 is 0 Å². The molecule has 3 heteroatoms. The van der Waals surface area contributed by atoms with Crippen LogP contribution in [0.25, 0.3) is 12.2 Å². The molecule has 0 aliphatic heterocycles. The molecule has 0 aliphatic carbocycles. The molecule has 0 heterocycles. The van der Waals surface area contributed by atoms with Crippen molar-refractivity contribution in [2.45, 2.75) is 32.7 Å². The van der Waals surface area contributed by atoms with Crippen molar-refractivity contribution in [3.63, 3.8) is 0 Å². The highest BCUT2D eigenvalue weighted by Crippen LogP contribution is 2.15. The Balaban J connectivity index is 2.12. The van der Waals surface area contributed by atoms with Gasteiger partial charge in [0.05, 0.1) is 0 Å². The van der Waals surface area contributed by atoms with Gasteiger partial charge in [0.15, 0.2) is 8.32 Å². The quantitative estimate of drug-likeness (QED) is 0.547. The molecular weight excluding hydrogens is 300 g/mol. The minimum atomic E-state index is -1.79. The second-order valence-corrected chi connectivity index (χ2v) is 15.7. The molecule has 0 unspecified atom stereocenters.